The molecular weight excluding hydrogens is 368 g/mol. The van der Waals surface area contributed by atoms with Gasteiger partial charge in [0.25, 0.3) is 5.91 Å². The van der Waals surface area contributed by atoms with Crippen molar-refractivity contribution in [3.8, 4) is 5.88 Å². The predicted octanol–water partition coefficient (Wildman–Crippen LogP) is 3.16. The van der Waals surface area contributed by atoms with Gasteiger partial charge >= 0.3 is 6.18 Å². The number of ether oxygens (including phenoxy) is 2. The molecule has 9 heteroatoms. The number of hydrogen-bond acceptors (Lipinski definition) is 4. The van der Waals surface area contributed by atoms with Crippen LogP contribution in [0.25, 0.3) is 0 Å². The summed E-state index contributed by atoms with van der Waals surface area (Å²) in [7, 11) is 0. The summed E-state index contributed by atoms with van der Waals surface area (Å²) in [6, 6.07) is 7.31. The van der Waals surface area contributed by atoms with Crippen molar-refractivity contribution in [3.63, 3.8) is 0 Å². The Morgan fingerprint density at radius 2 is 2.07 bits per heavy atom. The molecule has 0 N–H and O–H groups in total. The van der Waals surface area contributed by atoms with Crippen molar-refractivity contribution in [1.82, 2.24) is 9.88 Å². The van der Waals surface area contributed by atoms with Gasteiger partial charge in [0, 0.05) is 24.4 Å². The Hall–Kier alpha value is -2.68. The Morgan fingerprint density at radius 3 is 2.74 bits per heavy atom. The predicted molar refractivity (Wildman–Crippen MR) is 86.8 cm³/mol. The molecule has 2 aromatic rings. The number of carbonyl (C=O) groups is 1. The van der Waals surface area contributed by atoms with Crippen molar-refractivity contribution in [2.45, 2.75) is 12.3 Å². The highest BCUT2D eigenvalue weighted by Gasteiger charge is 2.31. The van der Waals surface area contributed by atoms with Crippen LogP contribution in [-0.2, 0) is 10.9 Å². The average molecular weight is 384 g/mol. The van der Waals surface area contributed by atoms with Gasteiger partial charge in [0.15, 0.2) is 0 Å². The smallest absolute Gasteiger partial charge is 0.417 e. The molecule has 144 valence electrons. The first-order chi connectivity index (χ1) is 12.8. The fourth-order valence-corrected chi connectivity index (χ4v) is 2.63. The number of alkyl halides is 3. The van der Waals surface area contributed by atoms with E-state index in [1.54, 1.807) is 0 Å². The SMILES string of the molecule is O=C(c1cccc(F)c1)N1CCOC[C@H](Oc2ccc(C(F)(F)F)cn2)C1. The number of benzene rings is 1. The van der Waals surface area contributed by atoms with E-state index >= 15 is 0 Å². The molecule has 0 bridgehead atoms. The van der Waals surface area contributed by atoms with Gasteiger partial charge in [0.1, 0.15) is 11.9 Å². The molecule has 0 aliphatic carbocycles. The second kappa shape index (κ2) is 7.91. The summed E-state index contributed by atoms with van der Waals surface area (Å²) in [6.07, 6.45) is -4.41. The van der Waals surface area contributed by atoms with Crippen LogP contribution in [0.1, 0.15) is 15.9 Å². The highest BCUT2D eigenvalue weighted by molar-refractivity contribution is 5.94. The summed E-state index contributed by atoms with van der Waals surface area (Å²) in [5, 5.41) is 0. The molecule has 2 heterocycles. The van der Waals surface area contributed by atoms with Gasteiger partial charge in [0.05, 0.1) is 25.3 Å². The van der Waals surface area contributed by atoms with Crippen molar-refractivity contribution in [3.05, 3.63) is 59.5 Å². The molecule has 1 aromatic carbocycles. The van der Waals surface area contributed by atoms with Gasteiger partial charge in [-0.1, -0.05) is 6.07 Å². The van der Waals surface area contributed by atoms with Crippen LogP contribution in [0.2, 0.25) is 0 Å². The standard InChI is InChI=1S/C18H16F4N2O3/c19-14-3-1-2-12(8-14)17(25)24-6-7-26-11-15(10-24)27-16-5-4-13(9-23-16)18(20,21)22/h1-5,8-9,15H,6-7,10-11H2/t15-/m1/s1. The fourth-order valence-electron chi connectivity index (χ4n) is 2.63. The molecule has 1 atom stereocenters. The van der Waals surface area contributed by atoms with E-state index in [1.807, 2.05) is 0 Å². The zero-order valence-corrected chi connectivity index (χ0v) is 14.1. The summed E-state index contributed by atoms with van der Waals surface area (Å²) in [4.78, 5) is 17.7. The van der Waals surface area contributed by atoms with Crippen molar-refractivity contribution in [1.29, 1.82) is 0 Å². The van der Waals surface area contributed by atoms with E-state index in [1.165, 1.54) is 23.1 Å². The lowest BCUT2D eigenvalue weighted by molar-refractivity contribution is -0.137. The maximum absolute atomic E-state index is 13.3. The molecule has 1 aliphatic rings. The second-order valence-corrected chi connectivity index (χ2v) is 5.96. The van der Waals surface area contributed by atoms with Crippen LogP contribution < -0.4 is 4.74 Å². The quantitative estimate of drug-likeness (QED) is 0.763. The number of aromatic nitrogens is 1. The van der Waals surface area contributed by atoms with Gasteiger partial charge in [-0.2, -0.15) is 13.2 Å². The Balaban J connectivity index is 1.68. The molecule has 0 saturated carbocycles. The van der Waals surface area contributed by atoms with Gasteiger partial charge in [-0.3, -0.25) is 4.79 Å². The lowest BCUT2D eigenvalue weighted by Crippen LogP contribution is -2.40. The van der Waals surface area contributed by atoms with E-state index in [9.17, 15) is 22.4 Å². The van der Waals surface area contributed by atoms with Crippen LogP contribution in [0, 0.1) is 5.82 Å². The third-order valence-electron chi connectivity index (χ3n) is 3.94. The number of pyridine rings is 1. The maximum atomic E-state index is 13.3. The number of amides is 1. The summed E-state index contributed by atoms with van der Waals surface area (Å²) in [6.45, 7) is 0.838. The molecule has 1 amide bonds. The van der Waals surface area contributed by atoms with Crippen LogP contribution in [0.3, 0.4) is 0 Å². The first kappa shape index (κ1) is 19.1. The summed E-state index contributed by atoms with van der Waals surface area (Å²) in [5.74, 6) is -0.903. The van der Waals surface area contributed by atoms with E-state index in [0.29, 0.717) is 6.20 Å². The van der Waals surface area contributed by atoms with Crippen LogP contribution >= 0.6 is 0 Å². The Labute approximate surface area is 152 Å². The van der Waals surface area contributed by atoms with E-state index in [0.717, 1.165) is 18.2 Å². The van der Waals surface area contributed by atoms with Crippen molar-refractivity contribution in [2.24, 2.45) is 0 Å². The normalized spacial score (nSPS) is 18.1. The van der Waals surface area contributed by atoms with Gasteiger partial charge < -0.3 is 14.4 Å². The van der Waals surface area contributed by atoms with Crippen LogP contribution in [0.4, 0.5) is 17.6 Å². The molecule has 0 spiro atoms. The lowest BCUT2D eigenvalue weighted by atomic mass is 10.2. The number of hydrogen-bond donors (Lipinski definition) is 0. The fraction of sp³-hybridized carbons (Fsp3) is 0.333. The summed E-state index contributed by atoms with van der Waals surface area (Å²) < 4.78 is 62.1. The summed E-state index contributed by atoms with van der Waals surface area (Å²) >= 11 is 0. The zero-order chi connectivity index (χ0) is 19.4. The lowest BCUT2D eigenvalue weighted by Gasteiger charge is -2.24. The molecular formula is C18H16F4N2O3. The van der Waals surface area contributed by atoms with Crippen molar-refractivity contribution >= 4 is 5.91 Å². The van der Waals surface area contributed by atoms with E-state index in [4.69, 9.17) is 9.47 Å². The van der Waals surface area contributed by atoms with Crippen LogP contribution in [0.5, 0.6) is 5.88 Å². The second-order valence-electron chi connectivity index (χ2n) is 5.96. The molecule has 1 aromatic heterocycles. The van der Waals surface area contributed by atoms with E-state index in [-0.39, 0.29) is 43.7 Å². The molecule has 5 nitrogen and oxygen atoms in total. The number of carbonyl (C=O) groups excluding carboxylic acids is 1. The minimum Gasteiger partial charge on any atom is -0.470 e. The third kappa shape index (κ3) is 4.94. The monoisotopic (exact) mass is 384 g/mol. The highest BCUT2D eigenvalue weighted by Crippen LogP contribution is 2.29. The Bertz CT molecular complexity index is 796. The first-order valence-electron chi connectivity index (χ1n) is 8.15. The van der Waals surface area contributed by atoms with Gasteiger partial charge in [-0.25, -0.2) is 9.37 Å². The average Bonchev–Trinajstić information content (AvgIpc) is 2.86. The topological polar surface area (TPSA) is 51.7 Å². The molecule has 27 heavy (non-hydrogen) atoms. The van der Waals surface area contributed by atoms with Crippen molar-refractivity contribution < 1.29 is 31.8 Å². The highest BCUT2D eigenvalue weighted by atomic mass is 19.4. The van der Waals surface area contributed by atoms with Crippen molar-refractivity contribution in [2.75, 3.05) is 26.3 Å². The molecule has 1 fully saturated rings. The molecule has 0 unspecified atom stereocenters. The van der Waals surface area contributed by atoms with Gasteiger partial charge in [-0.05, 0) is 24.3 Å². The third-order valence-corrected chi connectivity index (χ3v) is 3.94. The maximum Gasteiger partial charge on any atom is 0.417 e. The number of rotatable bonds is 3. The van der Waals surface area contributed by atoms with Crippen LogP contribution in [0.15, 0.2) is 42.6 Å². The molecule has 0 radical (unpaired) electrons. The summed E-state index contributed by atoms with van der Waals surface area (Å²) in [5.41, 5.74) is -0.682. The first-order valence-corrected chi connectivity index (χ1v) is 8.15. The van der Waals surface area contributed by atoms with Crippen LogP contribution in [-0.4, -0.2) is 48.2 Å². The van der Waals surface area contributed by atoms with E-state index in [2.05, 4.69) is 4.98 Å². The molecule has 3 rings (SSSR count). The van der Waals surface area contributed by atoms with E-state index < -0.39 is 23.7 Å². The largest absolute Gasteiger partial charge is 0.470 e. The minimum absolute atomic E-state index is 0.00310. The molecule has 1 saturated heterocycles. The Kier molecular flexibility index (Phi) is 5.59. The van der Waals surface area contributed by atoms with Gasteiger partial charge in [0.2, 0.25) is 5.88 Å². The molecule has 1 aliphatic heterocycles. The number of nitrogens with zero attached hydrogens (tertiary/aromatic N) is 2. The minimum atomic E-state index is -4.48. The van der Waals surface area contributed by atoms with Gasteiger partial charge in [-0.15, -0.1) is 0 Å². The number of halogens is 4. The Morgan fingerprint density at radius 1 is 1.26 bits per heavy atom. The zero-order valence-electron chi connectivity index (χ0n) is 14.1.